The van der Waals surface area contributed by atoms with E-state index in [1.54, 1.807) is 24.4 Å². The third-order valence-corrected chi connectivity index (χ3v) is 6.72. The lowest BCUT2D eigenvalue weighted by Crippen LogP contribution is -2.45. The van der Waals surface area contributed by atoms with Crippen molar-refractivity contribution in [2.45, 2.75) is 6.42 Å². The summed E-state index contributed by atoms with van der Waals surface area (Å²) in [4.78, 5) is 21.4. The first kappa shape index (κ1) is 26.9. The van der Waals surface area contributed by atoms with Gasteiger partial charge in [0.2, 0.25) is 5.91 Å². The first-order chi connectivity index (χ1) is 17.8. The highest BCUT2D eigenvalue weighted by Gasteiger charge is 2.24. The minimum Gasteiger partial charge on any atom is -0.400 e. The van der Waals surface area contributed by atoms with Crippen LogP contribution in [0.2, 0.25) is 5.02 Å². The van der Waals surface area contributed by atoms with E-state index in [4.69, 9.17) is 27.8 Å². The largest absolute Gasteiger partial charge is 0.400 e. The van der Waals surface area contributed by atoms with E-state index in [0.717, 1.165) is 26.2 Å². The van der Waals surface area contributed by atoms with E-state index < -0.39 is 5.82 Å². The zero-order valence-corrected chi connectivity index (χ0v) is 21.6. The Kier molecular flexibility index (Phi) is 8.99. The lowest BCUT2D eigenvalue weighted by molar-refractivity contribution is -0.116. The van der Waals surface area contributed by atoms with Crippen LogP contribution in [0.15, 0.2) is 54.0 Å². The number of amides is 1. The molecular formula is C26H33ClFN7O2. The Bertz CT molecular complexity index is 1180. The normalized spacial score (nSPS) is 18.2. The molecule has 2 aliphatic heterocycles. The number of nitrogens with zero attached hydrogens (tertiary/aromatic N) is 3. The first-order valence-corrected chi connectivity index (χ1v) is 12.6. The van der Waals surface area contributed by atoms with E-state index in [0.29, 0.717) is 54.1 Å². The van der Waals surface area contributed by atoms with Gasteiger partial charge < -0.3 is 36.6 Å². The summed E-state index contributed by atoms with van der Waals surface area (Å²) in [6.45, 7) is 5.61. The highest BCUT2D eigenvalue weighted by Crippen LogP contribution is 2.25. The van der Waals surface area contributed by atoms with Gasteiger partial charge in [-0.2, -0.15) is 0 Å². The molecular weight excluding hydrogens is 497 g/mol. The maximum absolute atomic E-state index is 14.4. The quantitative estimate of drug-likeness (QED) is 0.366. The fourth-order valence-corrected chi connectivity index (χ4v) is 4.22. The molecule has 2 saturated heterocycles. The third-order valence-electron chi connectivity index (χ3n) is 6.49. The number of aromatic nitrogens is 1. The molecule has 0 bridgehead atoms. The molecule has 9 nitrogen and oxygen atoms in total. The van der Waals surface area contributed by atoms with Gasteiger partial charge in [-0.15, -0.1) is 0 Å². The average molecular weight is 530 g/mol. The lowest BCUT2D eigenvalue weighted by Gasteiger charge is -2.32. The van der Waals surface area contributed by atoms with Gasteiger partial charge >= 0.3 is 0 Å². The second-order valence-electron chi connectivity index (χ2n) is 9.33. The molecule has 1 amide bonds. The van der Waals surface area contributed by atoms with Gasteiger partial charge in [0, 0.05) is 85.0 Å². The van der Waals surface area contributed by atoms with Crippen LogP contribution in [-0.2, 0) is 9.53 Å². The van der Waals surface area contributed by atoms with Crippen LogP contribution in [-0.4, -0.2) is 73.7 Å². The van der Waals surface area contributed by atoms with Crippen LogP contribution in [0.25, 0.3) is 5.70 Å². The molecule has 2 aliphatic rings. The summed E-state index contributed by atoms with van der Waals surface area (Å²) in [5.74, 6) is -0.179. The van der Waals surface area contributed by atoms with Crippen molar-refractivity contribution in [1.82, 2.24) is 14.8 Å². The number of carbonyl (C=O) groups is 1. The topological polar surface area (TPSA) is 122 Å². The summed E-state index contributed by atoms with van der Waals surface area (Å²) in [5, 5.41) is 6.48. The number of allylic oxidation sites excluding steroid dienone is 1. The molecule has 0 aliphatic carbocycles. The molecule has 0 spiro atoms. The lowest BCUT2D eigenvalue weighted by atomic mass is 10.0. The average Bonchev–Trinajstić information content (AvgIpc) is 2.84. The molecule has 198 valence electrons. The van der Waals surface area contributed by atoms with E-state index in [1.165, 1.54) is 18.2 Å². The number of benzene rings is 1. The Morgan fingerprint density at radius 2 is 1.95 bits per heavy atom. The molecule has 1 aromatic carbocycles. The minimum atomic E-state index is -0.492. The Labute approximate surface area is 221 Å². The maximum atomic E-state index is 14.4. The van der Waals surface area contributed by atoms with E-state index in [2.05, 4.69) is 32.5 Å². The van der Waals surface area contributed by atoms with Crippen molar-refractivity contribution in [3.63, 3.8) is 0 Å². The van der Waals surface area contributed by atoms with Crippen LogP contribution in [0.1, 0.15) is 12.0 Å². The number of likely N-dealkylation sites (N-methyl/N-ethyl adjacent to an activating group) is 1. The standard InChI is InChI=1S/C26H33ClFN7O2/c1-34-8-10-35(11-9-34)7-5-25(36)33-24-13-19(4-6-31-24)32-23(26(30)17-15-37-16-17)14-22(29)20-12-18(27)2-3-21(20)28/h2-4,6,12-14,17H,5,7-11,15-16,29-30H2,1H3,(H2,31,32,33,36)/b22-14-,26-23+. The van der Waals surface area contributed by atoms with Crippen molar-refractivity contribution in [3.05, 3.63) is 70.4 Å². The van der Waals surface area contributed by atoms with E-state index in [9.17, 15) is 9.18 Å². The van der Waals surface area contributed by atoms with Crippen molar-refractivity contribution in [2.75, 3.05) is 63.6 Å². The van der Waals surface area contributed by atoms with Gasteiger partial charge in [0.05, 0.1) is 18.9 Å². The molecule has 0 radical (unpaired) electrons. The van der Waals surface area contributed by atoms with Crippen molar-refractivity contribution in [1.29, 1.82) is 0 Å². The number of rotatable bonds is 9. The summed E-state index contributed by atoms with van der Waals surface area (Å²) in [6.07, 6.45) is 3.55. The number of ether oxygens (including phenoxy) is 1. The Hall–Kier alpha value is -3.18. The zero-order valence-electron chi connectivity index (χ0n) is 20.8. The van der Waals surface area contributed by atoms with Gasteiger partial charge in [-0.25, -0.2) is 9.37 Å². The molecule has 2 aromatic rings. The predicted octanol–water partition coefficient (Wildman–Crippen LogP) is 2.68. The fourth-order valence-electron chi connectivity index (χ4n) is 4.05. The number of carbonyl (C=O) groups excluding carboxylic acids is 1. The van der Waals surface area contributed by atoms with Crippen LogP contribution in [0.4, 0.5) is 15.9 Å². The zero-order chi connectivity index (χ0) is 26.4. The number of piperazine rings is 1. The number of pyridine rings is 1. The second-order valence-corrected chi connectivity index (χ2v) is 9.76. The molecule has 3 heterocycles. The molecule has 0 unspecified atom stereocenters. The van der Waals surface area contributed by atoms with Gasteiger partial charge in [-0.1, -0.05) is 11.6 Å². The Morgan fingerprint density at radius 3 is 2.65 bits per heavy atom. The maximum Gasteiger partial charge on any atom is 0.226 e. The van der Waals surface area contributed by atoms with Gasteiger partial charge in [0.1, 0.15) is 11.6 Å². The smallest absolute Gasteiger partial charge is 0.226 e. The second kappa shape index (κ2) is 12.4. The molecule has 1 aromatic heterocycles. The number of hydrogen-bond donors (Lipinski definition) is 4. The summed E-state index contributed by atoms with van der Waals surface area (Å²) >= 11 is 6.04. The summed E-state index contributed by atoms with van der Waals surface area (Å²) in [6, 6.07) is 7.64. The monoisotopic (exact) mass is 529 g/mol. The van der Waals surface area contributed by atoms with E-state index >= 15 is 0 Å². The van der Waals surface area contributed by atoms with Crippen molar-refractivity contribution >= 4 is 34.7 Å². The third kappa shape index (κ3) is 7.42. The van der Waals surface area contributed by atoms with E-state index in [1.807, 2.05) is 0 Å². The molecule has 0 saturated carbocycles. The molecule has 37 heavy (non-hydrogen) atoms. The minimum absolute atomic E-state index is 0.00587. The predicted molar refractivity (Wildman–Crippen MR) is 144 cm³/mol. The number of hydrogen-bond acceptors (Lipinski definition) is 8. The van der Waals surface area contributed by atoms with Crippen LogP contribution in [0.5, 0.6) is 0 Å². The van der Waals surface area contributed by atoms with Crippen LogP contribution < -0.4 is 22.1 Å². The van der Waals surface area contributed by atoms with Crippen molar-refractivity contribution < 1.29 is 13.9 Å². The molecule has 11 heteroatoms. The number of nitrogens with one attached hydrogen (secondary N) is 2. The van der Waals surface area contributed by atoms with Gasteiger partial charge in [-0.3, -0.25) is 4.79 Å². The van der Waals surface area contributed by atoms with Gasteiger partial charge in [0.15, 0.2) is 0 Å². The highest BCUT2D eigenvalue weighted by molar-refractivity contribution is 6.30. The molecule has 6 N–H and O–H groups in total. The fraction of sp³-hybridized carbons (Fsp3) is 0.385. The highest BCUT2D eigenvalue weighted by atomic mass is 35.5. The van der Waals surface area contributed by atoms with Crippen molar-refractivity contribution in [2.24, 2.45) is 17.4 Å². The number of nitrogens with two attached hydrogens (primary N) is 2. The first-order valence-electron chi connectivity index (χ1n) is 12.2. The Morgan fingerprint density at radius 1 is 1.19 bits per heavy atom. The Balaban J connectivity index is 1.46. The summed E-state index contributed by atoms with van der Waals surface area (Å²) in [5.41, 5.74) is 14.7. The van der Waals surface area contributed by atoms with Crippen LogP contribution in [0.3, 0.4) is 0 Å². The van der Waals surface area contributed by atoms with Crippen molar-refractivity contribution in [3.8, 4) is 0 Å². The van der Waals surface area contributed by atoms with Gasteiger partial charge in [0.25, 0.3) is 0 Å². The summed E-state index contributed by atoms with van der Waals surface area (Å²) in [7, 11) is 2.10. The van der Waals surface area contributed by atoms with E-state index in [-0.39, 0.29) is 23.1 Å². The summed E-state index contributed by atoms with van der Waals surface area (Å²) < 4.78 is 19.7. The molecule has 2 fully saturated rings. The van der Waals surface area contributed by atoms with Crippen LogP contribution in [0, 0.1) is 11.7 Å². The molecule has 4 rings (SSSR count). The SMILES string of the molecule is CN1CCN(CCC(=O)Nc2cc(NC(/C=C(\N)c3cc(Cl)ccc3F)=C(/N)C3COC3)ccn2)CC1. The number of anilines is 2. The van der Waals surface area contributed by atoms with Crippen LogP contribution >= 0.6 is 11.6 Å². The molecule has 0 atom stereocenters. The van der Waals surface area contributed by atoms with Gasteiger partial charge in [-0.05, 0) is 37.4 Å². The number of halogens is 2.